The number of likely N-dealkylation sites (tertiary alicyclic amines) is 1. The number of rotatable bonds is 9. The van der Waals surface area contributed by atoms with Crippen molar-refractivity contribution in [1.29, 1.82) is 0 Å². The van der Waals surface area contributed by atoms with Gasteiger partial charge in [0.05, 0.1) is 35.6 Å². The molecule has 0 aliphatic carbocycles. The van der Waals surface area contributed by atoms with Gasteiger partial charge in [0.2, 0.25) is 0 Å². The second kappa shape index (κ2) is 14.8. The van der Waals surface area contributed by atoms with Crippen molar-refractivity contribution < 1.29 is 33.3 Å². The second-order valence-electron chi connectivity index (χ2n) is 13.1. The highest BCUT2D eigenvalue weighted by Crippen LogP contribution is 2.34. The van der Waals surface area contributed by atoms with E-state index < -0.39 is 23.2 Å². The molecule has 254 valence electrons. The number of carbonyl (C=O) groups excluding carboxylic acids is 3. The van der Waals surface area contributed by atoms with Gasteiger partial charge in [-0.3, -0.25) is 9.78 Å². The van der Waals surface area contributed by atoms with Crippen LogP contribution in [0.4, 0.5) is 15.3 Å². The van der Waals surface area contributed by atoms with E-state index in [1.165, 1.54) is 7.11 Å². The first-order chi connectivity index (χ1) is 22.1. The maximum atomic E-state index is 13.8. The molecule has 2 N–H and O–H groups in total. The molecule has 2 aliphatic heterocycles. The first kappa shape index (κ1) is 35.7. The molecule has 12 nitrogen and oxygen atoms in total. The van der Waals surface area contributed by atoms with Gasteiger partial charge in [-0.1, -0.05) is 29.9 Å². The van der Waals surface area contributed by atoms with Crippen LogP contribution in [0.25, 0.3) is 0 Å². The highest BCUT2D eigenvalue weighted by molar-refractivity contribution is 7.81. The molecule has 1 fully saturated rings. The topological polar surface area (TPSA) is 132 Å². The average Bonchev–Trinajstić information content (AvgIpc) is 2.94. The van der Waals surface area contributed by atoms with Crippen molar-refractivity contribution in [3.8, 4) is 11.5 Å². The number of para-hydroxylation sites is 1. The molecule has 0 bridgehead atoms. The molecule has 47 heavy (non-hydrogen) atoms. The second-order valence-corrected chi connectivity index (χ2v) is 13.9. The summed E-state index contributed by atoms with van der Waals surface area (Å²) in [6.07, 6.45) is 3.21. The monoisotopic (exact) mass is 687 g/mol. The summed E-state index contributed by atoms with van der Waals surface area (Å²) in [7, 11) is 1.48. The smallest absolute Gasteiger partial charge is 0.417 e. The predicted octanol–water partition coefficient (Wildman–Crippen LogP) is 6.08. The molecule has 4 rings (SSSR count). The number of nitrogens with zero attached hydrogens (tertiary/aromatic N) is 3. The van der Waals surface area contributed by atoms with Crippen molar-refractivity contribution in [2.75, 3.05) is 32.1 Å². The first-order valence-electron chi connectivity index (χ1n) is 15.3. The van der Waals surface area contributed by atoms with Gasteiger partial charge in [-0.05, 0) is 66.2 Å². The fourth-order valence-electron chi connectivity index (χ4n) is 4.86. The molecule has 1 saturated heterocycles. The Bertz CT molecular complexity index is 1550. The fraction of sp³-hybridized carbons (Fsp3) is 0.485. The predicted molar refractivity (Wildman–Crippen MR) is 182 cm³/mol. The van der Waals surface area contributed by atoms with Crippen LogP contribution in [0.15, 0.2) is 47.9 Å². The third kappa shape index (κ3) is 9.25. The lowest BCUT2D eigenvalue weighted by Crippen LogP contribution is -2.55. The number of hydrogen-bond acceptors (Lipinski definition) is 10. The van der Waals surface area contributed by atoms with Gasteiger partial charge in [0, 0.05) is 43.5 Å². The minimum atomic E-state index is -0.798. The van der Waals surface area contributed by atoms with Crippen molar-refractivity contribution in [2.24, 2.45) is 0 Å². The maximum Gasteiger partial charge on any atom is 0.417 e. The van der Waals surface area contributed by atoms with E-state index in [1.807, 2.05) is 20.8 Å². The zero-order valence-electron chi connectivity index (χ0n) is 27.8. The number of ether oxygens (including phenoxy) is 4. The number of aromatic nitrogens is 1. The molecule has 1 aromatic heterocycles. The largest absolute Gasteiger partial charge is 0.493 e. The summed E-state index contributed by atoms with van der Waals surface area (Å²) >= 11 is 12.0. The molecule has 14 heteroatoms. The van der Waals surface area contributed by atoms with Crippen molar-refractivity contribution in [2.45, 2.75) is 78.2 Å². The molecule has 1 aromatic carbocycles. The molecule has 3 amide bonds. The Morgan fingerprint density at radius 1 is 1.06 bits per heavy atom. The molecule has 0 saturated carbocycles. The van der Waals surface area contributed by atoms with Crippen molar-refractivity contribution in [1.82, 2.24) is 20.1 Å². The molecule has 1 atom stereocenters. The number of anilines is 1. The Morgan fingerprint density at radius 2 is 1.77 bits per heavy atom. The van der Waals surface area contributed by atoms with E-state index in [4.69, 9.17) is 42.8 Å². The summed E-state index contributed by atoms with van der Waals surface area (Å²) in [6, 6.07) is 6.80. The van der Waals surface area contributed by atoms with Crippen LogP contribution in [0.3, 0.4) is 0 Å². The Labute approximate surface area is 285 Å². The van der Waals surface area contributed by atoms with E-state index in [1.54, 1.807) is 62.3 Å². The summed E-state index contributed by atoms with van der Waals surface area (Å²) in [5.74, 6) is 0.277. The van der Waals surface area contributed by atoms with Gasteiger partial charge < -0.3 is 34.5 Å². The quantitative estimate of drug-likeness (QED) is 0.297. The molecular formula is C33H42ClN5O7S. The summed E-state index contributed by atoms with van der Waals surface area (Å²) in [5.41, 5.74) is 0.487. The van der Waals surface area contributed by atoms with Crippen LogP contribution in [-0.2, 0) is 20.8 Å². The highest BCUT2D eigenvalue weighted by atomic mass is 35.5. The number of thiocarbonyl (C=S) groups is 1. The van der Waals surface area contributed by atoms with E-state index >= 15 is 0 Å². The molecule has 2 aromatic rings. The van der Waals surface area contributed by atoms with Crippen LogP contribution in [0.1, 0.15) is 59.9 Å². The van der Waals surface area contributed by atoms with Gasteiger partial charge in [-0.2, -0.15) is 0 Å². The van der Waals surface area contributed by atoms with Crippen molar-refractivity contribution >= 4 is 52.6 Å². The van der Waals surface area contributed by atoms with Gasteiger partial charge in [-0.25, -0.2) is 14.5 Å². The Morgan fingerprint density at radius 3 is 2.40 bits per heavy atom. The molecule has 0 spiro atoms. The minimum Gasteiger partial charge on any atom is -0.493 e. The third-order valence-electron chi connectivity index (χ3n) is 7.17. The fourth-order valence-corrected chi connectivity index (χ4v) is 5.44. The van der Waals surface area contributed by atoms with E-state index in [2.05, 4.69) is 15.6 Å². The Hall–Kier alpha value is -4.10. The lowest BCUT2D eigenvalue weighted by Gasteiger charge is -2.41. The Balaban J connectivity index is 1.54. The number of amides is 3. The number of carbonyl (C=O) groups is 3. The summed E-state index contributed by atoms with van der Waals surface area (Å²) in [5, 5.41) is 6.77. The van der Waals surface area contributed by atoms with Crippen LogP contribution in [-0.4, -0.2) is 81.9 Å². The summed E-state index contributed by atoms with van der Waals surface area (Å²) in [6.45, 7) is 11.9. The van der Waals surface area contributed by atoms with E-state index in [0.29, 0.717) is 40.9 Å². The lowest BCUT2D eigenvalue weighted by atomic mass is 10.0. The zero-order valence-corrected chi connectivity index (χ0v) is 29.3. The lowest BCUT2D eigenvalue weighted by molar-refractivity contribution is -0.126. The average molecular weight is 688 g/mol. The first-order valence-corrected chi connectivity index (χ1v) is 16.1. The van der Waals surface area contributed by atoms with Gasteiger partial charge in [0.15, 0.2) is 5.75 Å². The summed E-state index contributed by atoms with van der Waals surface area (Å²) in [4.78, 5) is 46.4. The Kier molecular flexibility index (Phi) is 11.2. The van der Waals surface area contributed by atoms with Crippen LogP contribution in [0, 0.1) is 0 Å². The standard InChI is InChI=1S/C33H42ClN5O7S/c1-32(2,3)45-30(41)38-15-12-21(38)19-44-25-18-35-14-11-20(25)17-36-23-13-16-39(31(42)46-33(4,5)6)29(40)26(23)28(47)37-24-10-8-9-22(34)27(24)43-7/h8-11,14,18,21,36H,12-13,15-17,19H2,1-7H3,(H,37,47). The van der Waals surface area contributed by atoms with Gasteiger partial charge in [-0.15, -0.1) is 0 Å². The number of pyridine rings is 1. The van der Waals surface area contributed by atoms with Gasteiger partial charge in [0.1, 0.15) is 28.5 Å². The third-order valence-corrected chi connectivity index (χ3v) is 7.78. The number of nitrogens with one attached hydrogen (secondary N) is 2. The van der Waals surface area contributed by atoms with E-state index in [0.717, 1.165) is 16.9 Å². The highest BCUT2D eigenvalue weighted by Gasteiger charge is 2.37. The molecular weight excluding hydrogens is 646 g/mol. The number of hydrogen-bond donors (Lipinski definition) is 2. The normalized spacial score (nSPS) is 16.7. The van der Waals surface area contributed by atoms with Crippen LogP contribution in [0.5, 0.6) is 11.5 Å². The van der Waals surface area contributed by atoms with Crippen LogP contribution in [0.2, 0.25) is 5.02 Å². The van der Waals surface area contributed by atoms with E-state index in [-0.39, 0.29) is 42.4 Å². The molecule has 0 radical (unpaired) electrons. The van der Waals surface area contributed by atoms with Gasteiger partial charge in [0.25, 0.3) is 5.91 Å². The number of imide groups is 1. The number of halogens is 1. The van der Waals surface area contributed by atoms with Crippen LogP contribution < -0.4 is 20.1 Å². The van der Waals surface area contributed by atoms with E-state index in [9.17, 15) is 14.4 Å². The summed E-state index contributed by atoms with van der Waals surface area (Å²) < 4.78 is 22.6. The zero-order chi connectivity index (χ0) is 34.5. The van der Waals surface area contributed by atoms with Gasteiger partial charge >= 0.3 is 12.2 Å². The number of benzene rings is 1. The maximum absolute atomic E-state index is 13.8. The molecule has 2 aliphatic rings. The SMILES string of the molecule is COc1c(Cl)cccc1NC(=S)C1=C(NCc2ccncc2OCC2CCN2C(=O)OC(C)(C)C)CCN(C(=O)OC(C)(C)C)C1=O. The molecule has 3 heterocycles. The number of methoxy groups -OCH3 is 1. The van der Waals surface area contributed by atoms with Crippen LogP contribution >= 0.6 is 23.8 Å². The molecule has 1 unspecified atom stereocenters. The van der Waals surface area contributed by atoms with Crippen molar-refractivity contribution in [3.63, 3.8) is 0 Å². The van der Waals surface area contributed by atoms with Crippen molar-refractivity contribution in [3.05, 3.63) is 58.5 Å². The minimum absolute atomic E-state index is 0.0738.